The number of nitrogens with one attached hydrogen (secondary N) is 1. The Bertz CT molecular complexity index is 514. The van der Waals surface area contributed by atoms with E-state index in [0.717, 1.165) is 24.0 Å². The molecule has 92 valence electrons. The van der Waals surface area contributed by atoms with E-state index in [1.807, 2.05) is 6.07 Å². The summed E-state index contributed by atoms with van der Waals surface area (Å²) in [4.78, 5) is 0. The predicted molar refractivity (Wildman–Crippen MR) is 69.7 cm³/mol. The van der Waals surface area contributed by atoms with E-state index in [9.17, 15) is 4.39 Å². The van der Waals surface area contributed by atoms with E-state index >= 15 is 0 Å². The fourth-order valence-electron chi connectivity index (χ4n) is 2.26. The second-order valence-electron chi connectivity index (χ2n) is 4.58. The lowest BCUT2D eigenvalue weighted by atomic mass is 10.2. The molecule has 3 heteroatoms. The molecule has 1 heterocycles. The molecule has 0 unspecified atom stereocenters. The van der Waals surface area contributed by atoms with Crippen molar-refractivity contribution in [1.29, 1.82) is 0 Å². The first kappa shape index (κ1) is 12.1. The van der Waals surface area contributed by atoms with E-state index in [2.05, 4.69) is 36.7 Å². The van der Waals surface area contributed by atoms with Crippen molar-refractivity contribution in [3.05, 3.63) is 35.8 Å². The number of aromatic nitrogens is 1. The van der Waals surface area contributed by atoms with Crippen molar-refractivity contribution in [2.24, 2.45) is 0 Å². The Morgan fingerprint density at radius 3 is 2.71 bits per heavy atom. The molecule has 2 aromatic rings. The molecule has 0 saturated heterocycles. The molecule has 0 spiro atoms. The number of hydrogen-bond acceptors (Lipinski definition) is 1. The van der Waals surface area contributed by atoms with Crippen LogP contribution in [0.1, 0.15) is 32.5 Å². The Kier molecular flexibility index (Phi) is 3.48. The smallest absolute Gasteiger partial charge is 0.123 e. The standard InChI is InChI=1S/C14H19FN2/c1-4-16-9-13-8-11-7-12(15)5-6-14(11)17(13)10(2)3/h5-8,10,16H,4,9H2,1-3H3. The Morgan fingerprint density at radius 1 is 1.29 bits per heavy atom. The van der Waals surface area contributed by atoms with Crippen molar-refractivity contribution in [3.8, 4) is 0 Å². The summed E-state index contributed by atoms with van der Waals surface area (Å²) in [5.41, 5.74) is 2.32. The summed E-state index contributed by atoms with van der Waals surface area (Å²) in [5, 5.41) is 4.30. The lowest BCUT2D eigenvalue weighted by Crippen LogP contribution is -2.16. The minimum Gasteiger partial charge on any atom is -0.341 e. The normalized spacial score (nSPS) is 11.6. The average molecular weight is 234 g/mol. The molecule has 0 radical (unpaired) electrons. The van der Waals surface area contributed by atoms with Gasteiger partial charge in [-0.25, -0.2) is 4.39 Å². The van der Waals surface area contributed by atoms with Crippen LogP contribution in [0.5, 0.6) is 0 Å². The van der Waals surface area contributed by atoms with Crippen LogP contribution in [0.4, 0.5) is 4.39 Å². The first-order valence-corrected chi connectivity index (χ1v) is 6.13. The van der Waals surface area contributed by atoms with Crippen LogP contribution in [0.25, 0.3) is 10.9 Å². The van der Waals surface area contributed by atoms with Crippen LogP contribution >= 0.6 is 0 Å². The summed E-state index contributed by atoms with van der Waals surface area (Å²) in [6, 6.07) is 7.44. The molecule has 1 N–H and O–H groups in total. The summed E-state index contributed by atoms with van der Waals surface area (Å²) in [6.45, 7) is 8.15. The number of rotatable bonds is 4. The number of fused-ring (bicyclic) bond motifs is 1. The quantitative estimate of drug-likeness (QED) is 0.857. The molecule has 0 aliphatic carbocycles. The zero-order valence-electron chi connectivity index (χ0n) is 10.6. The molecule has 0 saturated carbocycles. The molecule has 0 aliphatic heterocycles. The van der Waals surface area contributed by atoms with Crippen LogP contribution in [-0.2, 0) is 6.54 Å². The van der Waals surface area contributed by atoms with Crippen molar-refractivity contribution in [2.75, 3.05) is 6.54 Å². The summed E-state index contributed by atoms with van der Waals surface area (Å²) in [6.07, 6.45) is 0. The highest BCUT2D eigenvalue weighted by molar-refractivity contribution is 5.81. The van der Waals surface area contributed by atoms with Gasteiger partial charge in [0.15, 0.2) is 0 Å². The van der Waals surface area contributed by atoms with Crippen molar-refractivity contribution < 1.29 is 4.39 Å². The lowest BCUT2D eigenvalue weighted by Gasteiger charge is -2.14. The molecule has 0 bridgehead atoms. The van der Waals surface area contributed by atoms with Gasteiger partial charge in [-0.15, -0.1) is 0 Å². The Hall–Kier alpha value is -1.35. The largest absolute Gasteiger partial charge is 0.341 e. The van der Waals surface area contributed by atoms with Gasteiger partial charge in [-0.1, -0.05) is 6.92 Å². The van der Waals surface area contributed by atoms with Crippen molar-refractivity contribution in [1.82, 2.24) is 9.88 Å². The van der Waals surface area contributed by atoms with E-state index < -0.39 is 0 Å². The van der Waals surface area contributed by atoms with Gasteiger partial charge in [-0.2, -0.15) is 0 Å². The maximum absolute atomic E-state index is 13.2. The van der Waals surface area contributed by atoms with Gasteiger partial charge in [-0.3, -0.25) is 0 Å². The summed E-state index contributed by atoms with van der Waals surface area (Å²) >= 11 is 0. The first-order valence-electron chi connectivity index (χ1n) is 6.13. The number of nitrogens with zero attached hydrogens (tertiary/aromatic N) is 1. The summed E-state index contributed by atoms with van der Waals surface area (Å²) < 4.78 is 15.5. The Labute approximate surface area is 101 Å². The van der Waals surface area contributed by atoms with E-state index in [1.165, 1.54) is 11.8 Å². The van der Waals surface area contributed by atoms with Gasteiger partial charge in [0.05, 0.1) is 0 Å². The molecular formula is C14H19FN2. The minimum absolute atomic E-state index is 0.173. The van der Waals surface area contributed by atoms with E-state index in [1.54, 1.807) is 6.07 Å². The molecule has 2 nitrogen and oxygen atoms in total. The molecule has 2 rings (SSSR count). The fraction of sp³-hybridized carbons (Fsp3) is 0.429. The van der Waals surface area contributed by atoms with Gasteiger partial charge in [0, 0.05) is 29.2 Å². The molecular weight excluding hydrogens is 215 g/mol. The second-order valence-corrected chi connectivity index (χ2v) is 4.58. The van der Waals surface area contributed by atoms with Crippen molar-refractivity contribution >= 4 is 10.9 Å². The van der Waals surface area contributed by atoms with Gasteiger partial charge < -0.3 is 9.88 Å². The maximum Gasteiger partial charge on any atom is 0.123 e. The van der Waals surface area contributed by atoms with E-state index in [0.29, 0.717) is 6.04 Å². The molecule has 1 aromatic heterocycles. The third-order valence-corrected chi connectivity index (χ3v) is 2.95. The van der Waals surface area contributed by atoms with Crippen molar-refractivity contribution in [2.45, 2.75) is 33.4 Å². The molecule has 0 atom stereocenters. The number of benzene rings is 1. The molecule has 0 aliphatic rings. The third-order valence-electron chi connectivity index (χ3n) is 2.95. The highest BCUT2D eigenvalue weighted by atomic mass is 19.1. The third kappa shape index (κ3) is 2.34. The van der Waals surface area contributed by atoms with E-state index in [-0.39, 0.29) is 5.82 Å². The molecule has 1 aromatic carbocycles. The average Bonchev–Trinajstić information content (AvgIpc) is 2.63. The van der Waals surface area contributed by atoms with Gasteiger partial charge in [-0.05, 0) is 44.7 Å². The zero-order chi connectivity index (χ0) is 12.4. The van der Waals surface area contributed by atoms with Crippen LogP contribution in [-0.4, -0.2) is 11.1 Å². The molecule has 0 fully saturated rings. The van der Waals surface area contributed by atoms with Gasteiger partial charge in [0.25, 0.3) is 0 Å². The predicted octanol–water partition coefficient (Wildman–Crippen LogP) is 3.47. The van der Waals surface area contributed by atoms with Crippen LogP contribution in [0, 0.1) is 5.82 Å². The second kappa shape index (κ2) is 4.88. The highest BCUT2D eigenvalue weighted by Crippen LogP contribution is 2.24. The van der Waals surface area contributed by atoms with Crippen LogP contribution in [0.2, 0.25) is 0 Å². The number of hydrogen-bond donors (Lipinski definition) is 1. The monoisotopic (exact) mass is 234 g/mol. The summed E-state index contributed by atoms with van der Waals surface area (Å²) in [5.74, 6) is -0.173. The van der Waals surface area contributed by atoms with Gasteiger partial charge in [0.1, 0.15) is 5.82 Å². The van der Waals surface area contributed by atoms with Gasteiger partial charge >= 0.3 is 0 Å². The SMILES string of the molecule is CCNCc1cc2cc(F)ccc2n1C(C)C. The number of halogens is 1. The minimum atomic E-state index is -0.173. The zero-order valence-corrected chi connectivity index (χ0v) is 10.6. The Morgan fingerprint density at radius 2 is 2.06 bits per heavy atom. The molecule has 0 amide bonds. The van der Waals surface area contributed by atoms with Gasteiger partial charge in [0.2, 0.25) is 0 Å². The van der Waals surface area contributed by atoms with Crippen LogP contribution < -0.4 is 5.32 Å². The van der Waals surface area contributed by atoms with E-state index in [4.69, 9.17) is 0 Å². The summed E-state index contributed by atoms with van der Waals surface area (Å²) in [7, 11) is 0. The highest BCUT2D eigenvalue weighted by Gasteiger charge is 2.11. The lowest BCUT2D eigenvalue weighted by molar-refractivity contribution is 0.572. The van der Waals surface area contributed by atoms with Crippen LogP contribution in [0.15, 0.2) is 24.3 Å². The first-order chi connectivity index (χ1) is 8.13. The topological polar surface area (TPSA) is 17.0 Å². The van der Waals surface area contributed by atoms with Crippen LogP contribution in [0.3, 0.4) is 0 Å². The van der Waals surface area contributed by atoms with Crippen molar-refractivity contribution in [3.63, 3.8) is 0 Å². The fourth-order valence-corrected chi connectivity index (χ4v) is 2.26. The molecule has 17 heavy (non-hydrogen) atoms. The maximum atomic E-state index is 13.2. The Balaban J connectivity index is 2.53.